The number of fused-ring (bicyclic) bond motifs is 3. The molecule has 0 bridgehead atoms. The van der Waals surface area contributed by atoms with Gasteiger partial charge < -0.3 is 10.8 Å². The van der Waals surface area contributed by atoms with Crippen LogP contribution in [0.15, 0.2) is 53.6 Å². The Morgan fingerprint density at radius 1 is 1.19 bits per heavy atom. The predicted octanol–water partition coefficient (Wildman–Crippen LogP) is 2.45. The summed E-state index contributed by atoms with van der Waals surface area (Å²) in [4.78, 5) is 24.0. The molecule has 1 atom stereocenters. The highest BCUT2D eigenvalue weighted by Gasteiger charge is 2.27. The number of nitrogens with two attached hydrogens (primary N) is 1. The summed E-state index contributed by atoms with van der Waals surface area (Å²) in [5.41, 5.74) is 10.8. The van der Waals surface area contributed by atoms with Gasteiger partial charge in [-0.2, -0.15) is 9.61 Å². The van der Waals surface area contributed by atoms with Crippen LogP contribution < -0.4 is 11.4 Å². The van der Waals surface area contributed by atoms with E-state index in [2.05, 4.69) is 21.1 Å². The zero-order valence-corrected chi connectivity index (χ0v) is 16.5. The highest BCUT2D eigenvalue weighted by molar-refractivity contribution is 5.86. The Morgan fingerprint density at radius 2 is 2.06 bits per heavy atom. The van der Waals surface area contributed by atoms with E-state index in [0.717, 1.165) is 34.1 Å². The number of anilines is 1. The molecular formula is C22H19N7O2. The standard InChI is InChI=1S/C22H19N7O2/c23-19-8-17(13-5-6-18-21(30)27-22(31)28(18)11-13)26-20-15(10-25-29(19)20)14-7-12-3-1-2-4-16(12)24-9-14/h1-4,7-10,13,30H,5-6,11,23H2,(H,27,31). The molecule has 6 rings (SSSR count). The number of aromatic amines is 1. The summed E-state index contributed by atoms with van der Waals surface area (Å²) in [6.07, 6.45) is 4.91. The van der Waals surface area contributed by atoms with Crippen LogP contribution in [0.1, 0.15) is 23.7 Å². The minimum Gasteiger partial charge on any atom is -0.493 e. The molecule has 5 aromatic rings. The first-order valence-corrected chi connectivity index (χ1v) is 10.1. The molecule has 1 aliphatic heterocycles. The topological polar surface area (TPSA) is 127 Å². The lowest BCUT2D eigenvalue weighted by Gasteiger charge is -2.23. The second-order valence-corrected chi connectivity index (χ2v) is 7.89. The number of aromatic nitrogens is 6. The van der Waals surface area contributed by atoms with Crippen molar-refractivity contribution in [3.63, 3.8) is 0 Å². The fraction of sp³-hybridized carbons (Fsp3) is 0.182. The monoisotopic (exact) mass is 413 g/mol. The summed E-state index contributed by atoms with van der Waals surface area (Å²) in [6, 6.07) is 11.8. The van der Waals surface area contributed by atoms with Crippen molar-refractivity contribution in [3.05, 3.63) is 70.7 Å². The number of H-pyrrole nitrogens is 1. The summed E-state index contributed by atoms with van der Waals surface area (Å²) in [6.45, 7) is 0.439. The summed E-state index contributed by atoms with van der Waals surface area (Å²) in [5.74, 6) is 0.438. The number of pyridine rings is 1. The Kier molecular flexibility index (Phi) is 3.67. The van der Waals surface area contributed by atoms with Gasteiger partial charge in [-0.15, -0.1) is 0 Å². The molecule has 0 fully saturated rings. The van der Waals surface area contributed by atoms with E-state index in [1.165, 1.54) is 0 Å². The maximum absolute atomic E-state index is 12.1. The number of para-hydroxylation sites is 1. The number of benzene rings is 1. The van der Waals surface area contributed by atoms with E-state index in [-0.39, 0.29) is 17.5 Å². The number of aromatic hydroxyl groups is 1. The van der Waals surface area contributed by atoms with E-state index in [1.807, 2.05) is 36.5 Å². The highest BCUT2D eigenvalue weighted by atomic mass is 16.3. The van der Waals surface area contributed by atoms with Gasteiger partial charge in [0, 0.05) is 41.2 Å². The van der Waals surface area contributed by atoms with Crippen molar-refractivity contribution in [3.8, 4) is 17.0 Å². The van der Waals surface area contributed by atoms with Gasteiger partial charge in [-0.05, 0) is 25.0 Å². The third kappa shape index (κ3) is 2.70. The van der Waals surface area contributed by atoms with Gasteiger partial charge in [0.1, 0.15) is 5.82 Å². The molecule has 0 radical (unpaired) electrons. The van der Waals surface area contributed by atoms with Crippen LogP contribution in [0.5, 0.6) is 5.88 Å². The first-order chi connectivity index (χ1) is 15.1. The number of hydrogen-bond donors (Lipinski definition) is 3. The molecule has 0 saturated heterocycles. The fourth-order valence-corrected chi connectivity index (χ4v) is 4.44. The van der Waals surface area contributed by atoms with E-state index >= 15 is 0 Å². The van der Waals surface area contributed by atoms with E-state index < -0.39 is 0 Å². The second kappa shape index (κ2) is 6.43. The molecule has 31 heavy (non-hydrogen) atoms. The molecule has 4 aromatic heterocycles. The van der Waals surface area contributed by atoms with Crippen LogP contribution in [-0.4, -0.2) is 34.2 Å². The Balaban J connectivity index is 1.46. The van der Waals surface area contributed by atoms with Gasteiger partial charge in [0.05, 0.1) is 23.1 Å². The number of hydrogen-bond acceptors (Lipinski definition) is 6. The molecule has 154 valence electrons. The maximum Gasteiger partial charge on any atom is 0.328 e. The fourth-order valence-electron chi connectivity index (χ4n) is 4.44. The molecule has 1 aliphatic rings. The van der Waals surface area contributed by atoms with Gasteiger partial charge >= 0.3 is 5.69 Å². The Labute approximate surface area is 175 Å². The van der Waals surface area contributed by atoms with Gasteiger partial charge in [-0.1, -0.05) is 18.2 Å². The third-order valence-corrected chi connectivity index (χ3v) is 6.04. The van der Waals surface area contributed by atoms with Crippen molar-refractivity contribution in [2.75, 3.05) is 5.73 Å². The number of nitrogens with one attached hydrogen (secondary N) is 1. The smallest absolute Gasteiger partial charge is 0.328 e. The van der Waals surface area contributed by atoms with E-state index in [1.54, 1.807) is 15.3 Å². The van der Waals surface area contributed by atoms with Gasteiger partial charge in [0.15, 0.2) is 5.65 Å². The maximum atomic E-state index is 12.1. The van der Waals surface area contributed by atoms with Crippen LogP contribution in [0.2, 0.25) is 0 Å². The predicted molar refractivity (Wildman–Crippen MR) is 116 cm³/mol. The molecule has 1 aromatic carbocycles. The van der Waals surface area contributed by atoms with E-state index in [0.29, 0.717) is 30.1 Å². The van der Waals surface area contributed by atoms with Gasteiger partial charge in [-0.3, -0.25) is 14.5 Å². The summed E-state index contributed by atoms with van der Waals surface area (Å²) >= 11 is 0. The van der Waals surface area contributed by atoms with Crippen LogP contribution in [0, 0.1) is 0 Å². The van der Waals surface area contributed by atoms with Gasteiger partial charge in [-0.25, -0.2) is 9.78 Å². The summed E-state index contributed by atoms with van der Waals surface area (Å²) in [7, 11) is 0. The summed E-state index contributed by atoms with van der Waals surface area (Å²) in [5, 5.41) is 15.4. The molecule has 5 heterocycles. The zero-order valence-electron chi connectivity index (χ0n) is 16.5. The molecule has 0 amide bonds. The SMILES string of the molecule is Nc1cc(C2CCc3c(O)[nH]c(=O)n3C2)nc2c(-c3cnc4ccccc4c3)cnn12. The van der Waals surface area contributed by atoms with Crippen LogP contribution in [0.25, 0.3) is 27.7 Å². The minimum atomic E-state index is -0.307. The average molecular weight is 413 g/mol. The molecule has 9 nitrogen and oxygen atoms in total. The second-order valence-electron chi connectivity index (χ2n) is 7.89. The van der Waals surface area contributed by atoms with Crippen molar-refractivity contribution >= 4 is 22.4 Å². The molecule has 0 aliphatic carbocycles. The lowest BCUT2D eigenvalue weighted by Crippen LogP contribution is -2.27. The number of nitrogens with zero attached hydrogens (tertiary/aromatic N) is 5. The molecule has 1 unspecified atom stereocenters. The van der Waals surface area contributed by atoms with E-state index in [9.17, 15) is 9.90 Å². The number of imidazole rings is 1. The van der Waals surface area contributed by atoms with E-state index in [4.69, 9.17) is 10.7 Å². The number of nitrogen functional groups attached to an aromatic ring is 1. The largest absolute Gasteiger partial charge is 0.493 e. The van der Waals surface area contributed by atoms with Crippen molar-refractivity contribution in [2.24, 2.45) is 0 Å². The Bertz CT molecular complexity index is 1530. The molecule has 0 spiro atoms. The Hall–Kier alpha value is -4.14. The molecule has 9 heteroatoms. The zero-order chi connectivity index (χ0) is 21.1. The van der Waals surface area contributed by atoms with Crippen LogP contribution in [0.4, 0.5) is 5.82 Å². The van der Waals surface area contributed by atoms with Gasteiger partial charge in [0.2, 0.25) is 5.88 Å². The molecule has 4 N–H and O–H groups in total. The third-order valence-electron chi connectivity index (χ3n) is 6.04. The lowest BCUT2D eigenvalue weighted by molar-refractivity contribution is 0.414. The quantitative estimate of drug-likeness (QED) is 0.408. The van der Waals surface area contributed by atoms with Crippen molar-refractivity contribution in [1.29, 1.82) is 0 Å². The summed E-state index contributed by atoms with van der Waals surface area (Å²) < 4.78 is 3.20. The van der Waals surface area contributed by atoms with Crippen molar-refractivity contribution in [1.82, 2.24) is 29.1 Å². The number of rotatable bonds is 2. The normalized spacial score (nSPS) is 16.1. The van der Waals surface area contributed by atoms with Crippen LogP contribution in [-0.2, 0) is 13.0 Å². The van der Waals surface area contributed by atoms with Crippen molar-refractivity contribution < 1.29 is 5.11 Å². The Morgan fingerprint density at radius 3 is 2.97 bits per heavy atom. The first-order valence-electron chi connectivity index (χ1n) is 10.1. The average Bonchev–Trinajstić information content (AvgIpc) is 3.34. The van der Waals surface area contributed by atoms with Crippen LogP contribution >= 0.6 is 0 Å². The first kappa shape index (κ1) is 17.7. The van der Waals surface area contributed by atoms with Crippen LogP contribution in [0.3, 0.4) is 0 Å². The molecular weight excluding hydrogens is 394 g/mol. The lowest BCUT2D eigenvalue weighted by atomic mass is 9.94. The van der Waals surface area contributed by atoms with Crippen molar-refractivity contribution in [2.45, 2.75) is 25.3 Å². The molecule has 0 saturated carbocycles. The highest BCUT2D eigenvalue weighted by Crippen LogP contribution is 2.33. The van der Waals surface area contributed by atoms with Gasteiger partial charge in [0.25, 0.3) is 0 Å². The minimum absolute atomic E-state index is 0.00479.